The number of ether oxygens (including phenoxy) is 1. The minimum Gasteiger partial charge on any atom is -0.497 e. The van der Waals surface area contributed by atoms with Crippen LogP contribution in [-0.4, -0.2) is 73.1 Å². The number of thioether (sulfide) groups is 1. The highest BCUT2D eigenvalue weighted by Crippen LogP contribution is 2.30. The average molecular weight is 541 g/mol. The molecule has 1 N–H and O–H groups in total. The first-order valence-electron chi connectivity index (χ1n) is 13.3. The molecule has 4 rings (SSSR count). The Labute approximate surface area is 229 Å². The molecule has 4 nitrogen and oxygen atoms in total. The highest BCUT2D eigenvalue weighted by molar-refractivity contribution is 7.98. The lowest BCUT2D eigenvalue weighted by Crippen LogP contribution is -2.49. The predicted octanol–water partition coefficient (Wildman–Crippen LogP) is 5.80. The van der Waals surface area contributed by atoms with Gasteiger partial charge in [0.15, 0.2) is 0 Å². The van der Waals surface area contributed by atoms with Crippen LogP contribution in [0.15, 0.2) is 72.8 Å². The van der Waals surface area contributed by atoms with Crippen LogP contribution >= 0.6 is 11.8 Å². The standard InChI is InChI=1S/C31H38F2N2O2S/c1-37-30-14-4-24(5-15-30)22-38-23-29(36)21-35-19-17-34(18-20-35)16-2-3-31(25-6-10-27(32)11-7-25)26-8-12-28(33)13-9-26/h4-15,29,31,36H,2-3,16-23H2,1H3. The number of rotatable bonds is 13. The topological polar surface area (TPSA) is 35.9 Å². The summed E-state index contributed by atoms with van der Waals surface area (Å²) in [5, 5.41) is 10.5. The molecular formula is C31H38F2N2O2S. The Hall–Kier alpha value is -2.45. The third-order valence-electron chi connectivity index (χ3n) is 7.18. The zero-order chi connectivity index (χ0) is 26.7. The summed E-state index contributed by atoms with van der Waals surface area (Å²) in [4.78, 5) is 4.84. The van der Waals surface area contributed by atoms with Crippen molar-refractivity contribution in [1.82, 2.24) is 9.80 Å². The van der Waals surface area contributed by atoms with Gasteiger partial charge in [-0.1, -0.05) is 36.4 Å². The summed E-state index contributed by atoms with van der Waals surface area (Å²) in [6.07, 6.45) is 1.59. The third kappa shape index (κ3) is 8.80. The maximum absolute atomic E-state index is 13.5. The number of halogens is 2. The van der Waals surface area contributed by atoms with Gasteiger partial charge in [0.2, 0.25) is 0 Å². The van der Waals surface area contributed by atoms with E-state index < -0.39 is 0 Å². The van der Waals surface area contributed by atoms with E-state index in [0.29, 0.717) is 6.54 Å². The summed E-state index contributed by atoms with van der Waals surface area (Å²) in [6.45, 7) is 5.60. The monoisotopic (exact) mass is 540 g/mol. The van der Waals surface area contributed by atoms with Gasteiger partial charge in [-0.05, 0) is 72.5 Å². The van der Waals surface area contributed by atoms with E-state index in [1.165, 1.54) is 29.8 Å². The molecule has 38 heavy (non-hydrogen) atoms. The van der Waals surface area contributed by atoms with Gasteiger partial charge >= 0.3 is 0 Å². The Morgan fingerprint density at radius 3 is 1.92 bits per heavy atom. The van der Waals surface area contributed by atoms with E-state index in [0.717, 1.165) is 73.9 Å². The number of β-amino-alcohol motifs (C(OH)–C–C–N with tert-alkyl or cyclic N) is 1. The molecule has 1 fully saturated rings. The third-order valence-corrected chi connectivity index (χ3v) is 8.34. The first-order chi connectivity index (χ1) is 18.5. The molecule has 1 aliphatic heterocycles. The molecule has 3 aromatic carbocycles. The van der Waals surface area contributed by atoms with Gasteiger partial charge in [0.1, 0.15) is 17.4 Å². The fourth-order valence-electron chi connectivity index (χ4n) is 5.02. The molecule has 0 radical (unpaired) electrons. The van der Waals surface area contributed by atoms with Crippen molar-refractivity contribution in [1.29, 1.82) is 0 Å². The molecular weight excluding hydrogens is 502 g/mol. The van der Waals surface area contributed by atoms with Gasteiger partial charge < -0.3 is 14.7 Å². The van der Waals surface area contributed by atoms with Crippen molar-refractivity contribution >= 4 is 11.8 Å². The Balaban J connectivity index is 1.17. The Bertz CT molecular complexity index is 1040. The summed E-state index contributed by atoms with van der Waals surface area (Å²) in [6, 6.07) is 21.4. The largest absolute Gasteiger partial charge is 0.497 e. The molecule has 0 spiro atoms. The Morgan fingerprint density at radius 1 is 0.816 bits per heavy atom. The Morgan fingerprint density at radius 2 is 1.37 bits per heavy atom. The smallest absolute Gasteiger partial charge is 0.123 e. The molecule has 0 aliphatic carbocycles. The second kappa shape index (κ2) is 14.6. The van der Waals surface area contributed by atoms with Crippen molar-refractivity contribution in [3.05, 3.63) is 101 Å². The summed E-state index contributed by atoms with van der Waals surface area (Å²) >= 11 is 1.76. The van der Waals surface area contributed by atoms with E-state index in [-0.39, 0.29) is 23.7 Å². The van der Waals surface area contributed by atoms with Crippen molar-refractivity contribution in [2.45, 2.75) is 30.6 Å². The van der Waals surface area contributed by atoms with E-state index >= 15 is 0 Å². The molecule has 0 amide bonds. The second-order valence-electron chi connectivity index (χ2n) is 9.96. The highest BCUT2D eigenvalue weighted by Gasteiger charge is 2.20. The fourth-order valence-corrected chi connectivity index (χ4v) is 5.94. The van der Waals surface area contributed by atoms with Crippen molar-refractivity contribution in [2.75, 3.05) is 52.1 Å². The minimum absolute atomic E-state index is 0.114. The number of benzene rings is 3. The van der Waals surface area contributed by atoms with Gasteiger partial charge in [-0.15, -0.1) is 0 Å². The molecule has 0 saturated carbocycles. The van der Waals surface area contributed by atoms with E-state index in [1.807, 2.05) is 36.4 Å². The second-order valence-corrected chi connectivity index (χ2v) is 11.0. The number of aliphatic hydroxyl groups excluding tert-OH is 1. The predicted molar refractivity (Wildman–Crippen MR) is 152 cm³/mol. The van der Waals surface area contributed by atoms with Crippen LogP contribution in [-0.2, 0) is 5.75 Å². The quantitative estimate of drug-likeness (QED) is 0.297. The normalized spacial score (nSPS) is 15.6. The summed E-state index contributed by atoms with van der Waals surface area (Å²) in [5.74, 6) is 2.09. The first-order valence-corrected chi connectivity index (χ1v) is 14.5. The summed E-state index contributed by atoms with van der Waals surface area (Å²) in [5.41, 5.74) is 3.35. The van der Waals surface area contributed by atoms with Gasteiger partial charge in [-0.2, -0.15) is 11.8 Å². The first kappa shape index (κ1) is 28.6. The number of hydrogen-bond donors (Lipinski definition) is 1. The van der Waals surface area contributed by atoms with Gasteiger partial charge in [0.25, 0.3) is 0 Å². The van der Waals surface area contributed by atoms with Crippen molar-refractivity contribution < 1.29 is 18.6 Å². The molecule has 1 atom stereocenters. The zero-order valence-corrected chi connectivity index (χ0v) is 22.9. The van der Waals surface area contributed by atoms with Crippen molar-refractivity contribution in [2.24, 2.45) is 0 Å². The minimum atomic E-state index is -0.336. The van der Waals surface area contributed by atoms with Crippen LogP contribution < -0.4 is 4.74 Å². The van der Waals surface area contributed by atoms with Crippen molar-refractivity contribution in [3.8, 4) is 5.75 Å². The molecule has 1 aliphatic rings. The fraction of sp³-hybridized carbons (Fsp3) is 0.419. The van der Waals surface area contributed by atoms with Gasteiger partial charge in [0.05, 0.1) is 13.2 Å². The average Bonchev–Trinajstić information content (AvgIpc) is 2.94. The van der Waals surface area contributed by atoms with Gasteiger partial charge in [-0.3, -0.25) is 4.90 Å². The number of methoxy groups -OCH3 is 1. The number of nitrogens with zero attached hydrogens (tertiary/aromatic N) is 2. The molecule has 7 heteroatoms. The lowest BCUT2D eigenvalue weighted by atomic mass is 9.87. The maximum atomic E-state index is 13.5. The lowest BCUT2D eigenvalue weighted by Gasteiger charge is -2.35. The van der Waals surface area contributed by atoms with E-state index in [1.54, 1.807) is 18.9 Å². The van der Waals surface area contributed by atoms with Gasteiger partial charge in [-0.25, -0.2) is 8.78 Å². The molecule has 1 heterocycles. The number of piperazine rings is 1. The molecule has 0 aromatic heterocycles. The summed E-state index contributed by atoms with van der Waals surface area (Å²) < 4.78 is 32.2. The van der Waals surface area contributed by atoms with Crippen LogP contribution in [0.4, 0.5) is 8.78 Å². The van der Waals surface area contributed by atoms with Crippen LogP contribution in [0.2, 0.25) is 0 Å². The van der Waals surface area contributed by atoms with Crippen LogP contribution in [0.25, 0.3) is 0 Å². The molecule has 1 saturated heterocycles. The molecule has 3 aromatic rings. The number of hydrogen-bond acceptors (Lipinski definition) is 5. The van der Waals surface area contributed by atoms with E-state index in [4.69, 9.17) is 4.74 Å². The van der Waals surface area contributed by atoms with Crippen LogP contribution in [0.1, 0.15) is 35.4 Å². The zero-order valence-electron chi connectivity index (χ0n) is 22.1. The maximum Gasteiger partial charge on any atom is 0.123 e. The van der Waals surface area contributed by atoms with Crippen LogP contribution in [0, 0.1) is 11.6 Å². The van der Waals surface area contributed by atoms with Crippen LogP contribution in [0.3, 0.4) is 0 Å². The molecule has 204 valence electrons. The lowest BCUT2D eigenvalue weighted by molar-refractivity contribution is 0.0819. The van der Waals surface area contributed by atoms with E-state index in [9.17, 15) is 13.9 Å². The molecule has 1 unspecified atom stereocenters. The van der Waals surface area contributed by atoms with Crippen LogP contribution in [0.5, 0.6) is 5.75 Å². The molecule has 0 bridgehead atoms. The SMILES string of the molecule is COc1ccc(CSCC(O)CN2CCN(CCCC(c3ccc(F)cc3)c3ccc(F)cc3)CC2)cc1. The van der Waals surface area contributed by atoms with Crippen molar-refractivity contribution in [3.63, 3.8) is 0 Å². The summed E-state index contributed by atoms with van der Waals surface area (Å²) in [7, 11) is 1.67. The highest BCUT2D eigenvalue weighted by atomic mass is 32.2. The van der Waals surface area contributed by atoms with Gasteiger partial charge in [0, 0.05) is 50.1 Å². The number of aliphatic hydroxyl groups is 1. The Kier molecular flexibility index (Phi) is 11.0. The van der Waals surface area contributed by atoms with E-state index in [2.05, 4.69) is 21.9 Å².